The third-order valence-electron chi connectivity index (χ3n) is 2.52. The Hall–Kier alpha value is -0.530. The van der Waals surface area contributed by atoms with Crippen LogP contribution in [0.4, 0.5) is 0 Å². The number of aliphatic imine (C=N–C) groups is 1. The molecule has 1 unspecified atom stereocenters. The zero-order valence-electron chi connectivity index (χ0n) is 9.90. The quantitative estimate of drug-likeness (QED) is 0.448. The molecule has 0 bridgehead atoms. The van der Waals surface area contributed by atoms with Crippen LogP contribution in [0.25, 0.3) is 0 Å². The van der Waals surface area contributed by atoms with Crippen molar-refractivity contribution in [3.8, 4) is 0 Å². The Morgan fingerprint density at radius 2 is 2.25 bits per heavy atom. The number of amides is 1. The number of nitrogens with zero attached hydrogens (tertiary/aromatic N) is 2. The summed E-state index contributed by atoms with van der Waals surface area (Å²) >= 11 is 0. The van der Waals surface area contributed by atoms with Crippen LogP contribution in [-0.4, -0.2) is 42.4 Å². The molecule has 1 heterocycles. The first-order valence-corrected chi connectivity index (χ1v) is 5.51. The van der Waals surface area contributed by atoms with Crippen LogP contribution in [0.15, 0.2) is 4.99 Å². The van der Waals surface area contributed by atoms with Crippen LogP contribution in [-0.2, 0) is 4.79 Å². The molecule has 1 aliphatic heterocycles. The number of hydrogen-bond acceptors (Lipinski definition) is 2. The second-order valence-corrected chi connectivity index (χ2v) is 3.68. The number of likely N-dealkylation sites (tertiary alicyclic amines) is 1. The van der Waals surface area contributed by atoms with Crippen molar-refractivity contribution in [1.82, 2.24) is 10.2 Å². The molecular weight excluding hydrogens is 319 g/mol. The molecule has 0 radical (unpaired) electrons. The van der Waals surface area contributed by atoms with Gasteiger partial charge in [-0.15, -0.1) is 24.0 Å². The molecule has 0 aromatic heterocycles. The lowest BCUT2D eigenvalue weighted by atomic mass is 10.3. The van der Waals surface area contributed by atoms with Crippen molar-refractivity contribution in [2.75, 3.05) is 19.6 Å². The Morgan fingerprint density at radius 1 is 1.56 bits per heavy atom. The van der Waals surface area contributed by atoms with Crippen LogP contribution in [0.2, 0.25) is 0 Å². The summed E-state index contributed by atoms with van der Waals surface area (Å²) < 4.78 is 0. The Labute approximate surface area is 114 Å². The van der Waals surface area contributed by atoms with Gasteiger partial charge in [0.15, 0.2) is 5.96 Å². The van der Waals surface area contributed by atoms with E-state index in [4.69, 9.17) is 5.73 Å². The smallest absolute Gasteiger partial charge is 0.222 e. The molecule has 3 N–H and O–H groups in total. The van der Waals surface area contributed by atoms with Gasteiger partial charge in [0.1, 0.15) is 0 Å². The molecule has 1 amide bonds. The van der Waals surface area contributed by atoms with Gasteiger partial charge in [0.2, 0.25) is 5.91 Å². The molecule has 0 aliphatic carbocycles. The van der Waals surface area contributed by atoms with Crippen molar-refractivity contribution in [2.24, 2.45) is 10.7 Å². The molecule has 0 saturated carbocycles. The fourth-order valence-corrected chi connectivity index (χ4v) is 1.75. The van der Waals surface area contributed by atoms with Crippen LogP contribution in [0, 0.1) is 0 Å². The average Bonchev–Trinajstić information content (AvgIpc) is 2.65. The van der Waals surface area contributed by atoms with E-state index in [1.807, 2.05) is 18.7 Å². The third kappa shape index (κ3) is 4.54. The van der Waals surface area contributed by atoms with E-state index >= 15 is 0 Å². The van der Waals surface area contributed by atoms with E-state index in [0.717, 1.165) is 19.5 Å². The fraction of sp³-hybridized carbons (Fsp3) is 0.800. The number of carbonyl (C=O) groups is 1. The van der Waals surface area contributed by atoms with Crippen LogP contribution < -0.4 is 11.1 Å². The van der Waals surface area contributed by atoms with Gasteiger partial charge < -0.3 is 16.0 Å². The minimum Gasteiger partial charge on any atom is -0.370 e. The highest BCUT2D eigenvalue weighted by Gasteiger charge is 2.25. The topological polar surface area (TPSA) is 70.7 Å². The summed E-state index contributed by atoms with van der Waals surface area (Å²) in [5.41, 5.74) is 5.65. The van der Waals surface area contributed by atoms with Crippen LogP contribution >= 0.6 is 24.0 Å². The number of carbonyl (C=O) groups excluding carboxylic acids is 1. The minimum atomic E-state index is 0. The first-order valence-electron chi connectivity index (χ1n) is 5.51. The fourth-order valence-electron chi connectivity index (χ4n) is 1.75. The Kier molecular flexibility index (Phi) is 7.44. The molecular formula is C10H21IN4O. The molecule has 1 fully saturated rings. The standard InChI is InChI=1S/C10H20N4O.HI/c1-3-9(15)14-6-5-8(7-14)13-10(11)12-4-2;/h8H,3-7H2,1-2H3,(H3,11,12,13);1H. The summed E-state index contributed by atoms with van der Waals surface area (Å²) in [5, 5.41) is 3.12. The first kappa shape index (κ1) is 15.5. The van der Waals surface area contributed by atoms with Gasteiger partial charge in [-0.3, -0.25) is 9.79 Å². The van der Waals surface area contributed by atoms with Crippen LogP contribution in [0.5, 0.6) is 0 Å². The van der Waals surface area contributed by atoms with E-state index < -0.39 is 0 Å². The molecule has 5 nitrogen and oxygen atoms in total. The summed E-state index contributed by atoms with van der Waals surface area (Å²) in [6.07, 6.45) is 1.52. The molecule has 1 saturated heterocycles. The van der Waals surface area contributed by atoms with E-state index in [1.54, 1.807) is 0 Å². The highest BCUT2D eigenvalue weighted by molar-refractivity contribution is 14.0. The van der Waals surface area contributed by atoms with Gasteiger partial charge in [-0.1, -0.05) is 6.92 Å². The van der Waals surface area contributed by atoms with Crippen molar-refractivity contribution in [2.45, 2.75) is 32.7 Å². The van der Waals surface area contributed by atoms with Gasteiger partial charge in [0.25, 0.3) is 0 Å². The van der Waals surface area contributed by atoms with Gasteiger partial charge in [-0.2, -0.15) is 0 Å². The van der Waals surface area contributed by atoms with Gasteiger partial charge in [-0.25, -0.2) is 0 Å². The molecule has 6 heteroatoms. The van der Waals surface area contributed by atoms with Crippen molar-refractivity contribution in [3.05, 3.63) is 0 Å². The molecule has 1 rings (SSSR count). The second-order valence-electron chi connectivity index (χ2n) is 3.68. The molecule has 16 heavy (non-hydrogen) atoms. The van der Waals surface area contributed by atoms with Gasteiger partial charge in [0, 0.05) is 32.1 Å². The molecule has 1 aliphatic rings. The molecule has 0 spiro atoms. The van der Waals surface area contributed by atoms with Gasteiger partial charge >= 0.3 is 0 Å². The molecule has 1 atom stereocenters. The van der Waals surface area contributed by atoms with Crippen LogP contribution in [0.3, 0.4) is 0 Å². The van der Waals surface area contributed by atoms with Crippen molar-refractivity contribution in [3.63, 3.8) is 0 Å². The third-order valence-corrected chi connectivity index (χ3v) is 2.52. The summed E-state index contributed by atoms with van der Waals surface area (Å²) in [4.78, 5) is 17.3. The maximum Gasteiger partial charge on any atom is 0.222 e. The second kappa shape index (κ2) is 7.70. The maximum atomic E-state index is 11.4. The minimum absolute atomic E-state index is 0. The Morgan fingerprint density at radius 3 is 2.81 bits per heavy atom. The van der Waals surface area contributed by atoms with Gasteiger partial charge in [-0.05, 0) is 13.3 Å². The lowest BCUT2D eigenvalue weighted by Crippen LogP contribution is -2.42. The van der Waals surface area contributed by atoms with Crippen molar-refractivity contribution < 1.29 is 4.79 Å². The zero-order valence-corrected chi connectivity index (χ0v) is 12.2. The normalized spacial score (nSPS) is 20.5. The van der Waals surface area contributed by atoms with E-state index in [-0.39, 0.29) is 35.9 Å². The largest absolute Gasteiger partial charge is 0.370 e. The zero-order chi connectivity index (χ0) is 11.3. The Bertz CT molecular complexity index is 257. The van der Waals surface area contributed by atoms with E-state index in [9.17, 15) is 4.79 Å². The highest BCUT2D eigenvalue weighted by atomic mass is 127. The lowest BCUT2D eigenvalue weighted by molar-refractivity contribution is -0.129. The lowest BCUT2D eigenvalue weighted by Gasteiger charge is -2.16. The Balaban J connectivity index is 0.00000225. The number of rotatable bonds is 3. The molecule has 0 aromatic rings. The van der Waals surface area contributed by atoms with Crippen molar-refractivity contribution >= 4 is 35.8 Å². The van der Waals surface area contributed by atoms with Crippen LogP contribution in [0.1, 0.15) is 26.7 Å². The number of nitrogens with two attached hydrogens (primary N) is 1. The first-order chi connectivity index (χ1) is 7.17. The number of halogens is 1. The average molecular weight is 340 g/mol. The molecule has 0 aromatic carbocycles. The van der Waals surface area contributed by atoms with Crippen molar-refractivity contribution in [1.29, 1.82) is 0 Å². The number of guanidine groups is 1. The van der Waals surface area contributed by atoms with Gasteiger partial charge in [0.05, 0.1) is 0 Å². The van der Waals surface area contributed by atoms with E-state index in [0.29, 0.717) is 18.9 Å². The van der Waals surface area contributed by atoms with E-state index in [1.165, 1.54) is 0 Å². The summed E-state index contributed by atoms with van der Waals surface area (Å²) in [7, 11) is 0. The number of nitrogens with one attached hydrogen (secondary N) is 1. The summed E-state index contributed by atoms with van der Waals surface area (Å²) in [6.45, 7) is 6.08. The monoisotopic (exact) mass is 340 g/mol. The predicted octanol–water partition coefficient (Wildman–Crippen LogP) is 0.540. The number of hydrogen-bond donors (Lipinski definition) is 2. The highest BCUT2D eigenvalue weighted by Crippen LogP contribution is 2.09. The predicted molar refractivity (Wildman–Crippen MR) is 76.0 cm³/mol. The maximum absolute atomic E-state index is 11.4. The summed E-state index contributed by atoms with van der Waals surface area (Å²) in [6, 6.07) is 0.260. The summed E-state index contributed by atoms with van der Waals surface area (Å²) in [5.74, 6) is 0.693. The molecule has 94 valence electrons. The van der Waals surface area contributed by atoms with E-state index in [2.05, 4.69) is 10.3 Å². The SMILES string of the molecule is CCN=C(N)NC1CCN(C(=O)CC)C1.I.